The quantitative estimate of drug-likeness (QED) is 0.832. The molecule has 1 aromatic rings. The highest BCUT2D eigenvalue weighted by atomic mass is 16.1. The van der Waals surface area contributed by atoms with Gasteiger partial charge in [0, 0.05) is 18.5 Å². The van der Waals surface area contributed by atoms with Gasteiger partial charge in [-0.3, -0.25) is 4.79 Å². The number of benzene rings is 1. The highest BCUT2D eigenvalue weighted by molar-refractivity contribution is 5.79. The zero-order valence-electron chi connectivity index (χ0n) is 10.5. The molecule has 1 saturated carbocycles. The molecule has 0 aliphatic heterocycles. The van der Waals surface area contributed by atoms with E-state index in [2.05, 4.69) is 37.4 Å². The van der Waals surface area contributed by atoms with Gasteiger partial charge in [0.05, 0.1) is 0 Å². The van der Waals surface area contributed by atoms with Gasteiger partial charge in [0.1, 0.15) is 0 Å². The molecule has 0 unspecified atom stereocenters. The van der Waals surface area contributed by atoms with E-state index in [0.29, 0.717) is 6.54 Å². The Morgan fingerprint density at radius 1 is 1.41 bits per heavy atom. The van der Waals surface area contributed by atoms with Crippen molar-refractivity contribution >= 4 is 5.91 Å². The maximum Gasteiger partial charge on any atom is 0.223 e. The van der Waals surface area contributed by atoms with Gasteiger partial charge in [0.2, 0.25) is 5.91 Å². The summed E-state index contributed by atoms with van der Waals surface area (Å²) in [5.41, 5.74) is 9.35. The fourth-order valence-corrected chi connectivity index (χ4v) is 2.25. The van der Waals surface area contributed by atoms with Crippen molar-refractivity contribution in [2.24, 2.45) is 11.7 Å². The smallest absolute Gasteiger partial charge is 0.223 e. The lowest BCUT2D eigenvalue weighted by atomic mass is 9.80. The molecule has 3 heteroatoms. The average molecular weight is 232 g/mol. The molecular weight excluding hydrogens is 212 g/mol. The van der Waals surface area contributed by atoms with Gasteiger partial charge in [-0.05, 0) is 37.8 Å². The van der Waals surface area contributed by atoms with E-state index < -0.39 is 0 Å². The number of nitrogens with two attached hydrogens (primary N) is 1. The molecule has 1 aliphatic rings. The summed E-state index contributed by atoms with van der Waals surface area (Å²) in [5.74, 6) is 0.280. The van der Waals surface area contributed by atoms with Crippen molar-refractivity contribution in [3.05, 3.63) is 34.9 Å². The van der Waals surface area contributed by atoms with Crippen LogP contribution in [0.1, 0.15) is 29.5 Å². The molecule has 0 bridgehead atoms. The molecule has 1 amide bonds. The van der Waals surface area contributed by atoms with Gasteiger partial charge in [-0.15, -0.1) is 0 Å². The SMILES string of the molecule is Cc1ccc(CNC(=O)C2CC(N)C2)c(C)c1. The van der Waals surface area contributed by atoms with E-state index in [0.717, 1.165) is 12.8 Å². The highest BCUT2D eigenvalue weighted by Gasteiger charge is 2.31. The van der Waals surface area contributed by atoms with Gasteiger partial charge in [0.25, 0.3) is 0 Å². The van der Waals surface area contributed by atoms with Gasteiger partial charge < -0.3 is 11.1 Å². The third-order valence-corrected chi connectivity index (χ3v) is 3.50. The first kappa shape index (κ1) is 12.1. The Labute approximate surface area is 102 Å². The first-order valence-corrected chi connectivity index (χ1v) is 6.15. The molecule has 3 N–H and O–H groups in total. The van der Waals surface area contributed by atoms with Crippen molar-refractivity contribution in [1.29, 1.82) is 0 Å². The van der Waals surface area contributed by atoms with Crippen molar-refractivity contribution in [1.82, 2.24) is 5.32 Å². The van der Waals surface area contributed by atoms with E-state index in [1.807, 2.05) is 0 Å². The van der Waals surface area contributed by atoms with Crippen LogP contribution in [0.2, 0.25) is 0 Å². The van der Waals surface area contributed by atoms with Crippen LogP contribution in [0.3, 0.4) is 0 Å². The number of amides is 1. The lowest BCUT2D eigenvalue weighted by molar-refractivity contribution is -0.128. The van der Waals surface area contributed by atoms with Crippen LogP contribution in [0.4, 0.5) is 0 Å². The summed E-state index contributed by atoms with van der Waals surface area (Å²) < 4.78 is 0. The third kappa shape index (κ3) is 2.86. The Kier molecular flexibility index (Phi) is 3.48. The summed E-state index contributed by atoms with van der Waals surface area (Å²) in [4.78, 5) is 11.8. The second-order valence-electron chi connectivity index (χ2n) is 5.08. The van der Waals surface area contributed by atoms with Crippen molar-refractivity contribution in [3.8, 4) is 0 Å². The van der Waals surface area contributed by atoms with E-state index in [9.17, 15) is 4.79 Å². The highest BCUT2D eigenvalue weighted by Crippen LogP contribution is 2.25. The normalized spacial score (nSPS) is 23.0. The number of aryl methyl sites for hydroxylation is 2. The molecule has 0 radical (unpaired) electrons. The molecule has 3 nitrogen and oxygen atoms in total. The summed E-state index contributed by atoms with van der Waals surface area (Å²) >= 11 is 0. The summed E-state index contributed by atoms with van der Waals surface area (Å²) in [6, 6.07) is 6.53. The molecule has 2 rings (SSSR count). The minimum Gasteiger partial charge on any atom is -0.352 e. The van der Waals surface area contributed by atoms with Crippen LogP contribution in [-0.4, -0.2) is 11.9 Å². The average Bonchev–Trinajstić information content (AvgIpc) is 2.23. The maximum absolute atomic E-state index is 11.8. The number of carbonyl (C=O) groups excluding carboxylic acids is 1. The zero-order valence-corrected chi connectivity index (χ0v) is 10.5. The van der Waals surface area contributed by atoms with Crippen molar-refractivity contribution in [3.63, 3.8) is 0 Å². The molecular formula is C14H20N2O. The molecule has 0 atom stereocenters. The van der Waals surface area contributed by atoms with Crippen molar-refractivity contribution < 1.29 is 4.79 Å². The fourth-order valence-electron chi connectivity index (χ4n) is 2.25. The van der Waals surface area contributed by atoms with E-state index >= 15 is 0 Å². The summed E-state index contributed by atoms with van der Waals surface area (Å²) in [6.45, 7) is 4.77. The molecule has 1 aromatic carbocycles. The largest absolute Gasteiger partial charge is 0.352 e. The van der Waals surface area contributed by atoms with E-state index in [-0.39, 0.29) is 17.9 Å². The molecule has 0 heterocycles. The Balaban J connectivity index is 1.87. The van der Waals surface area contributed by atoms with Gasteiger partial charge >= 0.3 is 0 Å². The summed E-state index contributed by atoms with van der Waals surface area (Å²) in [6.07, 6.45) is 1.66. The fraction of sp³-hybridized carbons (Fsp3) is 0.500. The second-order valence-corrected chi connectivity index (χ2v) is 5.08. The van der Waals surface area contributed by atoms with Gasteiger partial charge in [-0.25, -0.2) is 0 Å². The van der Waals surface area contributed by atoms with Gasteiger partial charge in [-0.2, -0.15) is 0 Å². The van der Waals surface area contributed by atoms with Gasteiger partial charge in [-0.1, -0.05) is 23.8 Å². The Hall–Kier alpha value is -1.35. The third-order valence-electron chi connectivity index (χ3n) is 3.50. The van der Waals surface area contributed by atoms with Crippen LogP contribution in [0, 0.1) is 19.8 Å². The topological polar surface area (TPSA) is 55.1 Å². The molecule has 0 aromatic heterocycles. The molecule has 92 valence electrons. The van der Waals surface area contributed by atoms with E-state index in [1.165, 1.54) is 16.7 Å². The molecule has 0 spiro atoms. The second kappa shape index (κ2) is 4.88. The number of hydrogen-bond donors (Lipinski definition) is 2. The van der Waals surface area contributed by atoms with Crippen LogP contribution >= 0.6 is 0 Å². The maximum atomic E-state index is 11.8. The summed E-state index contributed by atoms with van der Waals surface area (Å²) in [7, 11) is 0. The van der Waals surface area contributed by atoms with Crippen molar-refractivity contribution in [2.45, 2.75) is 39.3 Å². The number of rotatable bonds is 3. The molecule has 17 heavy (non-hydrogen) atoms. The Bertz CT molecular complexity index is 422. The summed E-state index contributed by atoms with van der Waals surface area (Å²) in [5, 5.41) is 2.99. The lowest BCUT2D eigenvalue weighted by Crippen LogP contribution is -2.44. The minimum atomic E-state index is 0.135. The van der Waals surface area contributed by atoms with Gasteiger partial charge in [0.15, 0.2) is 0 Å². The predicted molar refractivity (Wildman–Crippen MR) is 68.5 cm³/mol. The first-order valence-electron chi connectivity index (χ1n) is 6.15. The molecule has 0 saturated heterocycles. The number of carbonyl (C=O) groups is 1. The van der Waals surface area contributed by atoms with Crippen LogP contribution in [-0.2, 0) is 11.3 Å². The van der Waals surface area contributed by atoms with Crippen LogP contribution in [0.5, 0.6) is 0 Å². The van der Waals surface area contributed by atoms with Crippen LogP contribution in [0.15, 0.2) is 18.2 Å². The Morgan fingerprint density at radius 3 is 2.71 bits per heavy atom. The minimum absolute atomic E-state index is 0.135. The van der Waals surface area contributed by atoms with Crippen LogP contribution < -0.4 is 11.1 Å². The Morgan fingerprint density at radius 2 is 2.12 bits per heavy atom. The van der Waals surface area contributed by atoms with Crippen LogP contribution in [0.25, 0.3) is 0 Å². The van der Waals surface area contributed by atoms with E-state index in [4.69, 9.17) is 5.73 Å². The lowest BCUT2D eigenvalue weighted by Gasteiger charge is -2.31. The monoisotopic (exact) mass is 232 g/mol. The molecule has 1 aliphatic carbocycles. The van der Waals surface area contributed by atoms with E-state index in [1.54, 1.807) is 0 Å². The van der Waals surface area contributed by atoms with Crippen molar-refractivity contribution in [2.75, 3.05) is 0 Å². The standard InChI is InChI=1S/C14H20N2O/c1-9-3-4-11(10(2)5-9)8-16-14(17)12-6-13(15)7-12/h3-5,12-13H,6-8,15H2,1-2H3,(H,16,17). The number of hydrogen-bond acceptors (Lipinski definition) is 2. The first-order chi connectivity index (χ1) is 8.06. The number of nitrogens with one attached hydrogen (secondary N) is 1. The molecule has 1 fully saturated rings. The predicted octanol–water partition coefficient (Wildman–Crippen LogP) is 1.66. The zero-order chi connectivity index (χ0) is 12.4.